The van der Waals surface area contributed by atoms with Gasteiger partial charge >= 0.3 is 0 Å². The number of hydrogen-bond donors (Lipinski definition) is 1. The number of rotatable bonds is 2. The van der Waals surface area contributed by atoms with Gasteiger partial charge in [0.25, 0.3) is 0 Å². The summed E-state index contributed by atoms with van der Waals surface area (Å²) < 4.78 is 25.9. The van der Waals surface area contributed by atoms with Crippen molar-refractivity contribution < 1.29 is 28.3 Å². The van der Waals surface area contributed by atoms with Crippen molar-refractivity contribution in [2.24, 2.45) is 0 Å². The van der Waals surface area contributed by atoms with Gasteiger partial charge < -0.3 is 14.9 Å². The van der Waals surface area contributed by atoms with Gasteiger partial charge in [-0.25, -0.2) is 8.78 Å². The Morgan fingerprint density at radius 2 is 1.17 bits per heavy atom. The number of piperidine rings is 2. The van der Waals surface area contributed by atoms with Crippen LogP contribution >= 0.6 is 0 Å². The number of Topliss-reactive ketones (excluding diaryl/α,β-unsaturated/α-hetero) is 1. The molecule has 36 heavy (non-hydrogen) atoms. The van der Waals surface area contributed by atoms with Gasteiger partial charge in [0, 0.05) is 37.8 Å². The lowest BCUT2D eigenvalue weighted by Crippen LogP contribution is -2.44. The molecular formula is C28H30F2N2O4. The molecule has 6 rings (SSSR count). The number of amides is 2. The van der Waals surface area contributed by atoms with E-state index in [0.29, 0.717) is 38.5 Å². The molecule has 2 aromatic carbocycles. The summed E-state index contributed by atoms with van der Waals surface area (Å²) >= 11 is 0. The van der Waals surface area contributed by atoms with Gasteiger partial charge in [-0.15, -0.1) is 0 Å². The van der Waals surface area contributed by atoms with E-state index >= 15 is 0 Å². The lowest BCUT2D eigenvalue weighted by molar-refractivity contribution is -0.137. The average Bonchev–Trinajstić information content (AvgIpc) is 3.41. The maximum atomic E-state index is 12.9. The molecule has 0 radical (unpaired) electrons. The van der Waals surface area contributed by atoms with Crippen LogP contribution in [-0.2, 0) is 14.4 Å². The second kappa shape index (κ2) is 10.1. The molecule has 4 saturated heterocycles. The van der Waals surface area contributed by atoms with E-state index in [-0.39, 0.29) is 59.5 Å². The highest BCUT2D eigenvalue weighted by atomic mass is 19.1. The van der Waals surface area contributed by atoms with Crippen LogP contribution in [0.25, 0.3) is 0 Å². The van der Waals surface area contributed by atoms with Gasteiger partial charge in [0.05, 0.1) is 18.2 Å². The molecule has 0 spiro atoms. The lowest BCUT2D eigenvalue weighted by Gasteiger charge is -2.40. The molecule has 0 bridgehead atoms. The summed E-state index contributed by atoms with van der Waals surface area (Å²) in [6.45, 7) is 0. The van der Waals surface area contributed by atoms with E-state index in [9.17, 15) is 28.3 Å². The standard InChI is InChI=1S/C14H16FNO2.C14H14FNO2/c2*15-10-3-1-9(2-4-10)13-8-12(17)7-11-5-6-14(18)16(11)13/h1-4,11-13,17H,5-8H2;1-4,11,13H,5-8H2. The largest absolute Gasteiger partial charge is 0.393 e. The van der Waals surface area contributed by atoms with Crippen LogP contribution in [0, 0.1) is 11.6 Å². The van der Waals surface area contributed by atoms with Gasteiger partial charge in [-0.05, 0) is 61.1 Å². The Bertz CT molecular complexity index is 1140. The normalized spacial score (nSPS) is 29.5. The summed E-state index contributed by atoms with van der Waals surface area (Å²) in [5, 5.41) is 9.92. The zero-order chi connectivity index (χ0) is 25.4. The van der Waals surface area contributed by atoms with Crippen LogP contribution < -0.4 is 0 Å². The molecule has 2 amide bonds. The van der Waals surface area contributed by atoms with E-state index in [2.05, 4.69) is 0 Å². The number of hydrogen-bond acceptors (Lipinski definition) is 4. The van der Waals surface area contributed by atoms with E-state index in [1.165, 1.54) is 24.3 Å². The fourth-order valence-electron chi connectivity index (χ4n) is 6.20. The fraction of sp³-hybridized carbons (Fsp3) is 0.464. The molecule has 6 nitrogen and oxygen atoms in total. The number of aliphatic hydroxyl groups excluding tert-OH is 1. The van der Waals surface area contributed by atoms with Gasteiger partial charge in [0.1, 0.15) is 17.4 Å². The summed E-state index contributed by atoms with van der Waals surface area (Å²) in [7, 11) is 0. The first-order valence-corrected chi connectivity index (χ1v) is 12.6. The highest BCUT2D eigenvalue weighted by Crippen LogP contribution is 2.40. The molecule has 190 valence electrons. The Hall–Kier alpha value is -3.13. The van der Waals surface area contributed by atoms with E-state index in [1.54, 1.807) is 24.3 Å². The van der Waals surface area contributed by atoms with Gasteiger partial charge in [-0.3, -0.25) is 14.4 Å². The summed E-state index contributed by atoms with van der Waals surface area (Å²) in [4.78, 5) is 39.3. The quantitative estimate of drug-likeness (QED) is 0.675. The summed E-state index contributed by atoms with van der Waals surface area (Å²) in [6.07, 6.45) is 4.36. The third-order valence-corrected chi connectivity index (χ3v) is 7.85. The van der Waals surface area contributed by atoms with Crippen LogP contribution in [0.4, 0.5) is 8.78 Å². The number of halogens is 2. The topological polar surface area (TPSA) is 77.9 Å². The SMILES string of the molecule is O=C1CC2CCC(=O)N2C(c2ccc(F)cc2)C1.O=C1CCC2CC(O)CC(c3ccc(F)cc3)N12. The van der Waals surface area contributed by atoms with Crippen LogP contribution in [0.2, 0.25) is 0 Å². The second-order valence-electron chi connectivity index (χ2n) is 10.2. The van der Waals surface area contributed by atoms with E-state index < -0.39 is 0 Å². The van der Waals surface area contributed by atoms with Gasteiger partial charge in [-0.2, -0.15) is 0 Å². The molecular weight excluding hydrogens is 466 g/mol. The smallest absolute Gasteiger partial charge is 0.223 e. The molecule has 0 saturated carbocycles. The predicted octanol–water partition coefficient (Wildman–Crippen LogP) is 4.23. The summed E-state index contributed by atoms with van der Waals surface area (Å²) in [6, 6.07) is 12.2. The van der Waals surface area contributed by atoms with Crippen molar-refractivity contribution in [3.05, 3.63) is 71.3 Å². The van der Waals surface area contributed by atoms with Crippen LogP contribution in [0.15, 0.2) is 48.5 Å². The first kappa shape index (κ1) is 24.6. The highest BCUT2D eigenvalue weighted by Gasteiger charge is 2.43. The zero-order valence-electron chi connectivity index (χ0n) is 20.0. The minimum absolute atomic E-state index is 0.0498. The maximum Gasteiger partial charge on any atom is 0.223 e. The monoisotopic (exact) mass is 496 g/mol. The van der Waals surface area contributed by atoms with E-state index in [4.69, 9.17) is 0 Å². The molecule has 0 aliphatic carbocycles. The van der Waals surface area contributed by atoms with Crippen LogP contribution in [0.3, 0.4) is 0 Å². The van der Waals surface area contributed by atoms with Gasteiger partial charge in [0.2, 0.25) is 11.8 Å². The number of aliphatic hydroxyl groups is 1. The second-order valence-corrected chi connectivity index (χ2v) is 10.2. The Morgan fingerprint density at radius 3 is 1.75 bits per heavy atom. The molecule has 4 heterocycles. The molecule has 5 atom stereocenters. The molecule has 8 heteroatoms. The van der Waals surface area contributed by atoms with Gasteiger partial charge in [-0.1, -0.05) is 24.3 Å². The zero-order valence-corrected chi connectivity index (χ0v) is 20.0. The summed E-state index contributed by atoms with van der Waals surface area (Å²) in [5.41, 5.74) is 1.76. The minimum atomic E-state index is -0.368. The Morgan fingerprint density at radius 1 is 0.667 bits per heavy atom. The van der Waals surface area contributed by atoms with Crippen molar-refractivity contribution in [1.82, 2.24) is 9.80 Å². The number of benzene rings is 2. The molecule has 2 aromatic rings. The minimum Gasteiger partial charge on any atom is -0.393 e. The van der Waals surface area contributed by atoms with Crippen molar-refractivity contribution in [2.45, 2.75) is 81.6 Å². The Labute approximate surface area is 208 Å². The third kappa shape index (κ3) is 4.91. The molecule has 0 aromatic heterocycles. The molecule has 4 aliphatic heterocycles. The van der Waals surface area contributed by atoms with Crippen molar-refractivity contribution in [1.29, 1.82) is 0 Å². The van der Waals surface area contributed by atoms with Crippen molar-refractivity contribution >= 4 is 17.6 Å². The van der Waals surface area contributed by atoms with Crippen LogP contribution in [-0.4, -0.2) is 50.7 Å². The van der Waals surface area contributed by atoms with Crippen molar-refractivity contribution in [3.8, 4) is 0 Å². The first-order chi connectivity index (χ1) is 17.3. The summed E-state index contributed by atoms with van der Waals surface area (Å²) in [5.74, 6) is -0.118. The first-order valence-electron chi connectivity index (χ1n) is 12.6. The number of nitrogens with zero attached hydrogens (tertiary/aromatic N) is 2. The predicted molar refractivity (Wildman–Crippen MR) is 127 cm³/mol. The molecule has 5 unspecified atom stereocenters. The van der Waals surface area contributed by atoms with Crippen molar-refractivity contribution in [2.75, 3.05) is 0 Å². The number of ketones is 1. The number of carbonyl (C=O) groups excluding carboxylic acids is 3. The molecule has 4 fully saturated rings. The van der Waals surface area contributed by atoms with Crippen LogP contribution in [0.5, 0.6) is 0 Å². The molecule has 4 aliphatic rings. The van der Waals surface area contributed by atoms with E-state index in [1.807, 2.05) is 9.80 Å². The lowest BCUT2D eigenvalue weighted by atomic mass is 9.90. The Balaban J connectivity index is 0.000000148. The maximum absolute atomic E-state index is 12.9. The highest BCUT2D eigenvalue weighted by molar-refractivity contribution is 5.87. The van der Waals surface area contributed by atoms with Crippen molar-refractivity contribution in [3.63, 3.8) is 0 Å². The Kier molecular flexibility index (Phi) is 6.88. The van der Waals surface area contributed by atoms with E-state index in [0.717, 1.165) is 24.0 Å². The van der Waals surface area contributed by atoms with Crippen LogP contribution in [0.1, 0.15) is 74.6 Å². The fourth-order valence-corrected chi connectivity index (χ4v) is 6.20. The van der Waals surface area contributed by atoms with Gasteiger partial charge in [0.15, 0.2) is 0 Å². The third-order valence-electron chi connectivity index (χ3n) is 7.85. The number of fused-ring (bicyclic) bond motifs is 2. The molecule has 1 N–H and O–H groups in total. The number of carbonyl (C=O) groups is 3. The average molecular weight is 497 g/mol.